The van der Waals surface area contributed by atoms with E-state index in [1.807, 2.05) is 28.6 Å². The molecular formula is C19H22BN5O. The highest BCUT2D eigenvalue weighted by Gasteiger charge is 2.23. The van der Waals surface area contributed by atoms with E-state index < -0.39 is 0 Å². The number of hydrogen-bond acceptors (Lipinski definition) is 4. The monoisotopic (exact) mass is 347 g/mol. The quantitative estimate of drug-likeness (QED) is 0.731. The Morgan fingerprint density at radius 1 is 1.19 bits per heavy atom. The number of aryl methyl sites for hydroxylation is 1. The molecule has 7 heteroatoms. The van der Waals surface area contributed by atoms with E-state index in [0.717, 1.165) is 42.7 Å². The fourth-order valence-electron chi connectivity index (χ4n) is 3.55. The van der Waals surface area contributed by atoms with Gasteiger partial charge in [-0.2, -0.15) is 0 Å². The standard InChI is InChI=1S/C19H22BN5O/c1-24-12-22-16-17(24)15(19(26)25-8-3-2-4-9-25)11-21-18(16)23-14-7-5-6-13(20)10-14/h5-7,10-12H,2-4,8-9,20H2,1H3,(H,21,23). The van der Waals surface area contributed by atoms with Gasteiger partial charge in [-0.05, 0) is 31.4 Å². The molecule has 1 aliphatic heterocycles. The van der Waals surface area contributed by atoms with Crippen LogP contribution in [0.1, 0.15) is 29.6 Å². The first-order valence-corrected chi connectivity index (χ1v) is 9.06. The number of benzene rings is 1. The summed E-state index contributed by atoms with van der Waals surface area (Å²) in [6, 6.07) is 8.11. The predicted octanol–water partition coefficient (Wildman–Crippen LogP) is 1.60. The van der Waals surface area contributed by atoms with Gasteiger partial charge in [0, 0.05) is 32.0 Å². The van der Waals surface area contributed by atoms with Gasteiger partial charge in [0.15, 0.2) is 5.82 Å². The van der Waals surface area contributed by atoms with Gasteiger partial charge in [0.1, 0.15) is 13.4 Å². The zero-order valence-corrected chi connectivity index (χ0v) is 15.2. The van der Waals surface area contributed by atoms with Crippen LogP contribution in [0, 0.1) is 0 Å². The molecule has 1 aliphatic rings. The number of hydrogen-bond donors (Lipinski definition) is 1. The van der Waals surface area contributed by atoms with Crippen molar-refractivity contribution in [1.29, 1.82) is 0 Å². The topological polar surface area (TPSA) is 63.1 Å². The second kappa shape index (κ2) is 6.82. The lowest BCUT2D eigenvalue weighted by Crippen LogP contribution is -2.35. The van der Waals surface area contributed by atoms with Crippen molar-refractivity contribution in [3.63, 3.8) is 0 Å². The molecule has 6 nitrogen and oxygen atoms in total. The van der Waals surface area contributed by atoms with Crippen molar-refractivity contribution in [2.45, 2.75) is 19.3 Å². The summed E-state index contributed by atoms with van der Waals surface area (Å²) in [5.41, 5.74) is 4.29. The maximum absolute atomic E-state index is 13.0. The highest BCUT2D eigenvalue weighted by Crippen LogP contribution is 2.27. The van der Waals surface area contributed by atoms with Gasteiger partial charge >= 0.3 is 0 Å². The van der Waals surface area contributed by atoms with E-state index in [4.69, 9.17) is 0 Å². The molecule has 0 saturated carbocycles. The Kier molecular flexibility index (Phi) is 4.36. The third-order valence-electron chi connectivity index (χ3n) is 4.89. The number of anilines is 2. The Morgan fingerprint density at radius 3 is 2.77 bits per heavy atom. The van der Waals surface area contributed by atoms with E-state index in [0.29, 0.717) is 11.4 Å². The van der Waals surface area contributed by atoms with E-state index in [1.54, 1.807) is 12.5 Å². The van der Waals surface area contributed by atoms with Gasteiger partial charge in [-0.25, -0.2) is 9.97 Å². The Morgan fingerprint density at radius 2 is 2.00 bits per heavy atom. The summed E-state index contributed by atoms with van der Waals surface area (Å²) in [4.78, 5) is 24.0. The van der Waals surface area contributed by atoms with Gasteiger partial charge in [0.25, 0.3) is 5.91 Å². The smallest absolute Gasteiger partial charge is 0.257 e. The SMILES string of the molecule is Bc1cccc(Nc2ncc(C(=O)N3CCCCC3)c3c2ncn3C)c1. The summed E-state index contributed by atoms with van der Waals surface area (Å²) in [6.45, 7) is 1.64. The number of carbonyl (C=O) groups excluding carboxylic acids is 1. The average molecular weight is 347 g/mol. The van der Waals surface area contributed by atoms with Crippen LogP contribution in [-0.2, 0) is 7.05 Å². The Labute approximate surface area is 153 Å². The van der Waals surface area contributed by atoms with Gasteiger partial charge in [-0.15, -0.1) is 0 Å². The summed E-state index contributed by atoms with van der Waals surface area (Å²) >= 11 is 0. The van der Waals surface area contributed by atoms with Crippen molar-refractivity contribution < 1.29 is 4.79 Å². The van der Waals surface area contributed by atoms with Gasteiger partial charge in [-0.3, -0.25) is 4.79 Å². The molecule has 1 fully saturated rings. The largest absolute Gasteiger partial charge is 0.339 e. The molecule has 0 atom stereocenters. The summed E-state index contributed by atoms with van der Waals surface area (Å²) in [6.07, 6.45) is 6.75. The van der Waals surface area contributed by atoms with Gasteiger partial charge < -0.3 is 14.8 Å². The second-order valence-electron chi connectivity index (χ2n) is 6.92. The number of rotatable bonds is 3. The minimum atomic E-state index is 0.0490. The molecule has 0 radical (unpaired) electrons. The first-order valence-electron chi connectivity index (χ1n) is 9.06. The molecule has 0 unspecified atom stereocenters. The number of fused-ring (bicyclic) bond motifs is 1. The van der Waals surface area contributed by atoms with Gasteiger partial charge in [0.05, 0.1) is 17.4 Å². The molecule has 3 heterocycles. The number of piperidine rings is 1. The van der Waals surface area contributed by atoms with Crippen molar-refractivity contribution in [2.24, 2.45) is 7.05 Å². The van der Waals surface area contributed by atoms with Crippen molar-refractivity contribution in [3.05, 3.63) is 42.4 Å². The molecular weight excluding hydrogens is 325 g/mol. The number of nitrogens with zero attached hydrogens (tertiary/aromatic N) is 4. The molecule has 26 heavy (non-hydrogen) atoms. The first kappa shape index (κ1) is 16.6. The second-order valence-corrected chi connectivity index (χ2v) is 6.92. The molecule has 0 bridgehead atoms. The molecule has 1 saturated heterocycles. The molecule has 1 N–H and O–H groups in total. The van der Waals surface area contributed by atoms with E-state index >= 15 is 0 Å². The van der Waals surface area contributed by atoms with Crippen LogP contribution in [0.15, 0.2) is 36.8 Å². The number of carbonyl (C=O) groups is 1. The highest BCUT2D eigenvalue weighted by atomic mass is 16.2. The van der Waals surface area contributed by atoms with Crippen LogP contribution in [0.4, 0.5) is 11.5 Å². The van der Waals surface area contributed by atoms with Crippen LogP contribution in [-0.4, -0.2) is 46.3 Å². The van der Waals surface area contributed by atoms with Crippen molar-refractivity contribution >= 4 is 41.8 Å². The average Bonchev–Trinajstić information content (AvgIpc) is 3.05. The van der Waals surface area contributed by atoms with Crippen LogP contribution in [0.3, 0.4) is 0 Å². The zero-order chi connectivity index (χ0) is 18.1. The van der Waals surface area contributed by atoms with Crippen LogP contribution >= 0.6 is 0 Å². The lowest BCUT2D eigenvalue weighted by Gasteiger charge is -2.27. The van der Waals surface area contributed by atoms with Crippen LogP contribution in [0.2, 0.25) is 0 Å². The van der Waals surface area contributed by atoms with E-state index in [-0.39, 0.29) is 5.91 Å². The van der Waals surface area contributed by atoms with Gasteiger partial charge in [-0.1, -0.05) is 17.6 Å². The number of likely N-dealkylation sites (tertiary alicyclic amines) is 1. The number of nitrogens with one attached hydrogen (secondary N) is 1. The third-order valence-corrected chi connectivity index (χ3v) is 4.89. The summed E-state index contributed by atoms with van der Waals surface area (Å²) in [5.74, 6) is 0.717. The van der Waals surface area contributed by atoms with Crippen LogP contribution in [0.25, 0.3) is 11.0 Å². The van der Waals surface area contributed by atoms with Crippen molar-refractivity contribution in [2.75, 3.05) is 18.4 Å². The number of pyridine rings is 1. The number of imidazole rings is 1. The molecule has 2 aromatic heterocycles. The molecule has 4 rings (SSSR count). The summed E-state index contributed by atoms with van der Waals surface area (Å²) < 4.78 is 1.90. The predicted molar refractivity (Wildman–Crippen MR) is 106 cm³/mol. The lowest BCUT2D eigenvalue weighted by atomic mass is 9.96. The van der Waals surface area contributed by atoms with Gasteiger partial charge in [0.2, 0.25) is 0 Å². The number of amides is 1. The highest BCUT2D eigenvalue weighted by molar-refractivity contribution is 6.32. The Balaban J connectivity index is 1.73. The fraction of sp³-hybridized carbons (Fsp3) is 0.316. The molecule has 1 amide bonds. The maximum Gasteiger partial charge on any atom is 0.257 e. The third kappa shape index (κ3) is 3.05. The van der Waals surface area contributed by atoms with Crippen molar-refractivity contribution in [1.82, 2.24) is 19.4 Å². The Hall–Kier alpha value is -2.83. The number of aromatic nitrogens is 3. The molecule has 3 aromatic rings. The molecule has 1 aromatic carbocycles. The maximum atomic E-state index is 13.0. The summed E-state index contributed by atoms with van der Waals surface area (Å²) in [5, 5.41) is 3.33. The minimum absolute atomic E-state index is 0.0490. The first-order chi connectivity index (χ1) is 12.6. The lowest BCUT2D eigenvalue weighted by molar-refractivity contribution is 0.0725. The molecule has 0 spiro atoms. The normalized spacial score (nSPS) is 14.6. The Bertz CT molecular complexity index is 962. The fourth-order valence-corrected chi connectivity index (χ4v) is 3.55. The summed E-state index contributed by atoms with van der Waals surface area (Å²) in [7, 11) is 3.97. The molecule has 0 aliphatic carbocycles. The zero-order valence-electron chi connectivity index (χ0n) is 15.2. The minimum Gasteiger partial charge on any atom is -0.339 e. The van der Waals surface area contributed by atoms with Crippen LogP contribution in [0.5, 0.6) is 0 Å². The van der Waals surface area contributed by atoms with Crippen molar-refractivity contribution in [3.8, 4) is 0 Å². The molecule has 132 valence electrons. The van der Waals surface area contributed by atoms with E-state index in [2.05, 4.69) is 35.3 Å². The van der Waals surface area contributed by atoms with E-state index in [9.17, 15) is 4.79 Å². The van der Waals surface area contributed by atoms with E-state index in [1.165, 1.54) is 11.9 Å². The van der Waals surface area contributed by atoms with Crippen LogP contribution < -0.4 is 10.8 Å².